The second-order valence-electron chi connectivity index (χ2n) is 4.00. The predicted molar refractivity (Wildman–Crippen MR) is 69.3 cm³/mol. The van der Waals surface area contributed by atoms with E-state index in [2.05, 4.69) is 15.1 Å². The van der Waals surface area contributed by atoms with Gasteiger partial charge in [0.1, 0.15) is 11.8 Å². The quantitative estimate of drug-likeness (QED) is 0.758. The van der Waals surface area contributed by atoms with Gasteiger partial charge in [-0.15, -0.1) is 0 Å². The van der Waals surface area contributed by atoms with Crippen molar-refractivity contribution in [3.05, 3.63) is 35.4 Å². The molecule has 2 heterocycles. The minimum atomic E-state index is 0.408. The van der Waals surface area contributed by atoms with Crippen molar-refractivity contribution in [1.29, 1.82) is 0 Å². The van der Waals surface area contributed by atoms with Crippen molar-refractivity contribution in [2.24, 2.45) is 7.05 Å². The molecule has 92 valence electrons. The molecule has 3 aromatic rings. The molecule has 0 radical (unpaired) electrons. The van der Waals surface area contributed by atoms with E-state index in [4.69, 9.17) is 17.3 Å². The molecule has 0 amide bonds. The van der Waals surface area contributed by atoms with E-state index in [0.717, 1.165) is 5.52 Å². The third kappa shape index (κ3) is 1.70. The van der Waals surface area contributed by atoms with Crippen molar-refractivity contribution >= 4 is 28.6 Å². The Labute approximate surface area is 108 Å². The second-order valence-corrected chi connectivity index (χ2v) is 4.41. The van der Waals surface area contributed by atoms with Crippen molar-refractivity contribution in [3.63, 3.8) is 0 Å². The first-order valence-corrected chi connectivity index (χ1v) is 5.77. The molecule has 6 nitrogen and oxygen atoms in total. The number of hydrogen-bond acceptors (Lipinski definition) is 4. The SMILES string of the molecule is Cn1cnc(Cn2c(N)nc3c(Cl)cccc32)n1. The number of aryl methyl sites for hydroxylation is 1. The number of para-hydroxylation sites is 1. The highest BCUT2D eigenvalue weighted by molar-refractivity contribution is 6.35. The van der Waals surface area contributed by atoms with Gasteiger partial charge >= 0.3 is 0 Å². The van der Waals surface area contributed by atoms with Gasteiger partial charge < -0.3 is 10.3 Å². The molecule has 3 rings (SSSR count). The van der Waals surface area contributed by atoms with Gasteiger partial charge in [-0.25, -0.2) is 9.97 Å². The van der Waals surface area contributed by atoms with Crippen LogP contribution in [0.25, 0.3) is 11.0 Å². The van der Waals surface area contributed by atoms with Crippen LogP contribution in [-0.4, -0.2) is 24.3 Å². The van der Waals surface area contributed by atoms with Gasteiger partial charge in [0, 0.05) is 7.05 Å². The molecule has 0 saturated heterocycles. The van der Waals surface area contributed by atoms with E-state index >= 15 is 0 Å². The van der Waals surface area contributed by atoms with Gasteiger partial charge in [-0.2, -0.15) is 5.10 Å². The lowest BCUT2D eigenvalue weighted by atomic mass is 10.3. The number of hydrogen-bond donors (Lipinski definition) is 1. The minimum Gasteiger partial charge on any atom is -0.369 e. The fourth-order valence-corrected chi connectivity index (χ4v) is 2.11. The molecule has 7 heteroatoms. The summed E-state index contributed by atoms with van der Waals surface area (Å²) < 4.78 is 3.49. The summed E-state index contributed by atoms with van der Waals surface area (Å²) in [5.74, 6) is 1.09. The van der Waals surface area contributed by atoms with Gasteiger partial charge in [0.15, 0.2) is 5.82 Å². The topological polar surface area (TPSA) is 74.5 Å². The molecule has 1 aromatic carbocycles. The predicted octanol–water partition coefficient (Wildman–Crippen LogP) is 1.45. The molecule has 0 aliphatic carbocycles. The number of fused-ring (bicyclic) bond motifs is 1. The normalized spacial score (nSPS) is 11.2. The van der Waals surface area contributed by atoms with Crippen molar-refractivity contribution in [1.82, 2.24) is 24.3 Å². The summed E-state index contributed by atoms with van der Waals surface area (Å²) in [7, 11) is 1.82. The zero-order chi connectivity index (χ0) is 12.7. The van der Waals surface area contributed by atoms with Crippen LogP contribution in [0.15, 0.2) is 24.5 Å². The number of nitrogens with two attached hydrogens (primary N) is 1. The molecule has 0 aliphatic rings. The standard InChI is InChI=1S/C11H11ClN6/c1-17-6-14-9(16-17)5-18-8-4-2-3-7(12)10(8)15-11(18)13/h2-4,6H,5H2,1H3,(H2,13,15). The number of nitrogens with zero attached hydrogens (tertiary/aromatic N) is 5. The first-order chi connectivity index (χ1) is 8.65. The highest BCUT2D eigenvalue weighted by Gasteiger charge is 2.12. The third-order valence-corrected chi connectivity index (χ3v) is 3.01. The summed E-state index contributed by atoms with van der Waals surface area (Å²) in [5, 5.41) is 4.81. The van der Waals surface area contributed by atoms with Crippen LogP contribution in [-0.2, 0) is 13.6 Å². The van der Waals surface area contributed by atoms with Gasteiger partial charge in [-0.1, -0.05) is 17.7 Å². The number of nitrogen functional groups attached to an aromatic ring is 1. The maximum Gasteiger partial charge on any atom is 0.201 e. The number of anilines is 1. The molecular weight excluding hydrogens is 252 g/mol. The van der Waals surface area contributed by atoms with Gasteiger partial charge in [0.05, 0.1) is 17.1 Å². The molecular formula is C11H11ClN6. The van der Waals surface area contributed by atoms with Crippen molar-refractivity contribution < 1.29 is 0 Å². The molecule has 2 N–H and O–H groups in total. The lowest BCUT2D eigenvalue weighted by molar-refractivity contribution is 0.715. The second kappa shape index (κ2) is 3.99. The maximum atomic E-state index is 6.08. The molecule has 0 unspecified atom stereocenters. The first kappa shape index (κ1) is 11.0. The van der Waals surface area contributed by atoms with E-state index in [-0.39, 0.29) is 0 Å². The van der Waals surface area contributed by atoms with Crippen LogP contribution in [0.1, 0.15) is 5.82 Å². The Kier molecular flexibility index (Phi) is 2.45. The van der Waals surface area contributed by atoms with E-state index in [1.807, 2.05) is 23.7 Å². The Bertz CT molecular complexity index is 713. The summed E-state index contributed by atoms with van der Waals surface area (Å²) in [6.07, 6.45) is 1.65. The van der Waals surface area contributed by atoms with Crippen LogP contribution in [0.3, 0.4) is 0 Å². The first-order valence-electron chi connectivity index (χ1n) is 5.40. The summed E-state index contributed by atoms with van der Waals surface area (Å²) in [6, 6.07) is 5.58. The van der Waals surface area contributed by atoms with Crippen LogP contribution < -0.4 is 5.73 Å². The Hall–Kier alpha value is -2.08. The van der Waals surface area contributed by atoms with Crippen LogP contribution in [0.4, 0.5) is 5.95 Å². The zero-order valence-electron chi connectivity index (χ0n) is 9.71. The van der Waals surface area contributed by atoms with Gasteiger partial charge in [0.25, 0.3) is 0 Å². The number of benzene rings is 1. The van der Waals surface area contributed by atoms with Crippen molar-refractivity contribution in [3.8, 4) is 0 Å². The van der Waals surface area contributed by atoms with Crippen LogP contribution in [0.2, 0.25) is 5.02 Å². The van der Waals surface area contributed by atoms with Crippen molar-refractivity contribution in [2.75, 3.05) is 5.73 Å². The number of aromatic nitrogens is 5. The third-order valence-electron chi connectivity index (χ3n) is 2.71. The molecule has 0 aliphatic heterocycles. The van der Waals surface area contributed by atoms with Crippen molar-refractivity contribution in [2.45, 2.75) is 6.54 Å². The average molecular weight is 263 g/mol. The molecule has 0 fully saturated rings. The summed E-state index contributed by atoms with van der Waals surface area (Å²) in [4.78, 5) is 8.44. The Morgan fingerprint density at radius 1 is 1.39 bits per heavy atom. The van der Waals surface area contributed by atoms with Gasteiger partial charge in [-0.05, 0) is 12.1 Å². The molecule has 0 spiro atoms. The summed E-state index contributed by atoms with van der Waals surface area (Å²) in [5.41, 5.74) is 7.49. The van der Waals surface area contributed by atoms with Crippen LogP contribution in [0, 0.1) is 0 Å². The van der Waals surface area contributed by atoms with E-state index in [1.54, 1.807) is 17.1 Å². The lowest BCUT2D eigenvalue weighted by Gasteiger charge is -2.02. The number of halogens is 1. The lowest BCUT2D eigenvalue weighted by Crippen LogP contribution is -2.06. The maximum absolute atomic E-state index is 6.08. The van der Waals surface area contributed by atoms with Crippen LogP contribution in [0.5, 0.6) is 0 Å². The monoisotopic (exact) mass is 262 g/mol. The zero-order valence-corrected chi connectivity index (χ0v) is 10.5. The van der Waals surface area contributed by atoms with Gasteiger partial charge in [-0.3, -0.25) is 4.68 Å². The minimum absolute atomic E-state index is 0.408. The largest absolute Gasteiger partial charge is 0.369 e. The fourth-order valence-electron chi connectivity index (χ4n) is 1.89. The van der Waals surface area contributed by atoms with E-state index in [9.17, 15) is 0 Å². The van der Waals surface area contributed by atoms with Crippen LogP contribution >= 0.6 is 11.6 Å². The highest BCUT2D eigenvalue weighted by Crippen LogP contribution is 2.25. The van der Waals surface area contributed by atoms with E-state index < -0.39 is 0 Å². The molecule has 18 heavy (non-hydrogen) atoms. The van der Waals surface area contributed by atoms with E-state index in [1.165, 1.54) is 0 Å². The summed E-state index contributed by atoms with van der Waals surface area (Å²) >= 11 is 6.08. The van der Waals surface area contributed by atoms with Gasteiger partial charge in [0.2, 0.25) is 5.95 Å². The Balaban J connectivity index is 2.11. The molecule has 0 bridgehead atoms. The fraction of sp³-hybridized carbons (Fsp3) is 0.182. The smallest absolute Gasteiger partial charge is 0.201 e. The Morgan fingerprint density at radius 3 is 2.94 bits per heavy atom. The molecule has 0 saturated carbocycles. The number of imidazole rings is 1. The Morgan fingerprint density at radius 2 is 2.22 bits per heavy atom. The molecule has 2 aromatic heterocycles. The summed E-state index contributed by atoms with van der Waals surface area (Å²) in [6.45, 7) is 0.476. The van der Waals surface area contributed by atoms with E-state index in [0.29, 0.717) is 28.9 Å². The highest BCUT2D eigenvalue weighted by atomic mass is 35.5. The molecule has 0 atom stereocenters. The number of rotatable bonds is 2. The average Bonchev–Trinajstić information content (AvgIpc) is 2.87.